The van der Waals surface area contributed by atoms with Crippen LogP contribution in [-0.2, 0) is 13.0 Å². The van der Waals surface area contributed by atoms with Gasteiger partial charge in [-0.2, -0.15) is 0 Å². The second-order valence-corrected chi connectivity index (χ2v) is 4.84. The molecule has 0 saturated heterocycles. The number of hydrogen-bond acceptors (Lipinski definition) is 2. The zero-order valence-corrected chi connectivity index (χ0v) is 11.8. The number of phenolic OH excluding ortho intramolecular Hbond substituents is 1. The van der Waals surface area contributed by atoms with Crippen molar-refractivity contribution in [2.75, 3.05) is 7.05 Å². The molecule has 0 aliphatic carbocycles. The summed E-state index contributed by atoms with van der Waals surface area (Å²) in [6.07, 6.45) is 0.842. The largest absolute Gasteiger partial charge is 0.508 e. The molecule has 1 N–H and O–H groups in total. The molecule has 104 valence electrons. The fraction of sp³-hybridized carbons (Fsp3) is 0.235. The van der Waals surface area contributed by atoms with E-state index in [0.717, 1.165) is 23.1 Å². The van der Waals surface area contributed by atoms with Crippen LogP contribution in [0.25, 0.3) is 0 Å². The first kappa shape index (κ1) is 14.1. The van der Waals surface area contributed by atoms with E-state index in [1.807, 2.05) is 43.3 Å². The second-order valence-electron chi connectivity index (χ2n) is 4.84. The van der Waals surface area contributed by atoms with Gasteiger partial charge in [0.2, 0.25) is 0 Å². The molecule has 1 amide bonds. The molecule has 3 heteroatoms. The fourth-order valence-corrected chi connectivity index (χ4v) is 2.19. The standard InChI is InChI=1S/C17H19NO2/c1-3-14-6-4-5-7-16(14)17(20)18(2)12-13-8-10-15(19)11-9-13/h4-11,19H,3,12H2,1-2H3. The molecular formula is C17H19NO2. The molecule has 0 aromatic heterocycles. The Morgan fingerprint density at radius 1 is 1.10 bits per heavy atom. The Bertz CT molecular complexity index is 590. The van der Waals surface area contributed by atoms with Crippen LogP contribution in [0.5, 0.6) is 5.75 Å². The number of carbonyl (C=O) groups excluding carboxylic acids is 1. The molecule has 2 rings (SSSR count). The highest BCUT2D eigenvalue weighted by atomic mass is 16.3. The Kier molecular flexibility index (Phi) is 4.41. The molecule has 0 aliphatic rings. The van der Waals surface area contributed by atoms with E-state index in [-0.39, 0.29) is 11.7 Å². The summed E-state index contributed by atoms with van der Waals surface area (Å²) in [5.74, 6) is 0.259. The lowest BCUT2D eigenvalue weighted by Crippen LogP contribution is -2.27. The Labute approximate surface area is 119 Å². The molecule has 0 aliphatic heterocycles. The maximum Gasteiger partial charge on any atom is 0.254 e. The van der Waals surface area contributed by atoms with Gasteiger partial charge in [0.15, 0.2) is 0 Å². The van der Waals surface area contributed by atoms with Crippen molar-refractivity contribution >= 4 is 5.91 Å². The maximum atomic E-state index is 12.5. The quantitative estimate of drug-likeness (QED) is 0.925. The van der Waals surface area contributed by atoms with Crippen molar-refractivity contribution in [2.24, 2.45) is 0 Å². The summed E-state index contributed by atoms with van der Waals surface area (Å²) in [6, 6.07) is 14.6. The Morgan fingerprint density at radius 2 is 1.75 bits per heavy atom. The third-order valence-corrected chi connectivity index (χ3v) is 3.33. The first-order valence-corrected chi connectivity index (χ1v) is 6.73. The Balaban J connectivity index is 2.14. The summed E-state index contributed by atoms with van der Waals surface area (Å²) in [6.45, 7) is 2.57. The van der Waals surface area contributed by atoms with Gasteiger partial charge in [-0.05, 0) is 35.7 Å². The summed E-state index contributed by atoms with van der Waals surface area (Å²) in [5, 5.41) is 9.27. The SMILES string of the molecule is CCc1ccccc1C(=O)N(C)Cc1ccc(O)cc1. The average Bonchev–Trinajstić information content (AvgIpc) is 2.48. The van der Waals surface area contributed by atoms with Crippen LogP contribution < -0.4 is 0 Å². The van der Waals surface area contributed by atoms with Crippen molar-refractivity contribution in [3.8, 4) is 5.75 Å². The van der Waals surface area contributed by atoms with Crippen LogP contribution in [0, 0.1) is 0 Å². The summed E-state index contributed by atoms with van der Waals surface area (Å²) in [5.41, 5.74) is 2.82. The number of rotatable bonds is 4. The molecular weight excluding hydrogens is 250 g/mol. The highest BCUT2D eigenvalue weighted by Crippen LogP contribution is 2.15. The maximum absolute atomic E-state index is 12.5. The zero-order chi connectivity index (χ0) is 14.5. The van der Waals surface area contributed by atoms with Gasteiger partial charge in [0.1, 0.15) is 5.75 Å². The van der Waals surface area contributed by atoms with Gasteiger partial charge in [0, 0.05) is 19.2 Å². The molecule has 0 atom stereocenters. The lowest BCUT2D eigenvalue weighted by atomic mass is 10.0. The van der Waals surface area contributed by atoms with Crippen LogP contribution in [0.4, 0.5) is 0 Å². The molecule has 0 unspecified atom stereocenters. The Hall–Kier alpha value is -2.29. The minimum atomic E-state index is 0.0236. The highest BCUT2D eigenvalue weighted by Gasteiger charge is 2.14. The number of benzene rings is 2. The van der Waals surface area contributed by atoms with Gasteiger partial charge in [-0.15, -0.1) is 0 Å². The van der Waals surface area contributed by atoms with Gasteiger partial charge in [0.05, 0.1) is 0 Å². The predicted molar refractivity (Wildman–Crippen MR) is 79.7 cm³/mol. The molecule has 20 heavy (non-hydrogen) atoms. The molecule has 0 bridgehead atoms. The van der Waals surface area contributed by atoms with Crippen LogP contribution >= 0.6 is 0 Å². The van der Waals surface area contributed by atoms with Crippen molar-refractivity contribution in [2.45, 2.75) is 19.9 Å². The number of aryl methyl sites for hydroxylation is 1. The van der Waals surface area contributed by atoms with E-state index < -0.39 is 0 Å². The smallest absolute Gasteiger partial charge is 0.254 e. The number of carbonyl (C=O) groups is 1. The summed E-state index contributed by atoms with van der Waals surface area (Å²) < 4.78 is 0. The average molecular weight is 269 g/mol. The van der Waals surface area contributed by atoms with E-state index in [1.165, 1.54) is 0 Å². The van der Waals surface area contributed by atoms with Crippen molar-refractivity contribution in [1.82, 2.24) is 4.90 Å². The molecule has 0 heterocycles. The minimum Gasteiger partial charge on any atom is -0.508 e. The molecule has 0 spiro atoms. The molecule has 2 aromatic rings. The first-order chi connectivity index (χ1) is 9.61. The van der Waals surface area contributed by atoms with Crippen molar-refractivity contribution in [3.63, 3.8) is 0 Å². The predicted octanol–water partition coefficient (Wildman–Crippen LogP) is 3.23. The summed E-state index contributed by atoms with van der Waals surface area (Å²) >= 11 is 0. The second kappa shape index (κ2) is 6.24. The van der Waals surface area contributed by atoms with Crippen LogP contribution in [0.3, 0.4) is 0 Å². The zero-order valence-electron chi connectivity index (χ0n) is 11.8. The van der Waals surface area contributed by atoms with E-state index in [0.29, 0.717) is 6.54 Å². The van der Waals surface area contributed by atoms with Crippen LogP contribution in [0.2, 0.25) is 0 Å². The van der Waals surface area contributed by atoms with Gasteiger partial charge in [-0.25, -0.2) is 0 Å². The molecule has 3 nitrogen and oxygen atoms in total. The lowest BCUT2D eigenvalue weighted by Gasteiger charge is -2.19. The van der Waals surface area contributed by atoms with Gasteiger partial charge in [-0.3, -0.25) is 4.79 Å². The van der Waals surface area contributed by atoms with Gasteiger partial charge in [-0.1, -0.05) is 37.3 Å². The monoisotopic (exact) mass is 269 g/mol. The van der Waals surface area contributed by atoms with Gasteiger partial charge in [0.25, 0.3) is 5.91 Å². The van der Waals surface area contributed by atoms with Gasteiger partial charge < -0.3 is 10.0 Å². The minimum absolute atomic E-state index is 0.0236. The number of nitrogens with zero attached hydrogens (tertiary/aromatic N) is 1. The number of amides is 1. The molecule has 0 radical (unpaired) electrons. The fourth-order valence-electron chi connectivity index (χ4n) is 2.19. The van der Waals surface area contributed by atoms with Crippen LogP contribution in [-0.4, -0.2) is 23.0 Å². The highest BCUT2D eigenvalue weighted by molar-refractivity contribution is 5.95. The summed E-state index contributed by atoms with van der Waals surface area (Å²) in [7, 11) is 1.79. The van der Waals surface area contributed by atoms with E-state index in [9.17, 15) is 9.90 Å². The number of aromatic hydroxyl groups is 1. The number of hydrogen-bond donors (Lipinski definition) is 1. The summed E-state index contributed by atoms with van der Waals surface area (Å²) in [4.78, 5) is 14.2. The van der Waals surface area contributed by atoms with E-state index in [2.05, 4.69) is 0 Å². The van der Waals surface area contributed by atoms with Crippen LogP contribution in [0.15, 0.2) is 48.5 Å². The molecule has 2 aromatic carbocycles. The third-order valence-electron chi connectivity index (χ3n) is 3.33. The van der Waals surface area contributed by atoms with E-state index >= 15 is 0 Å². The Morgan fingerprint density at radius 3 is 2.40 bits per heavy atom. The normalized spacial score (nSPS) is 10.3. The lowest BCUT2D eigenvalue weighted by molar-refractivity contribution is 0.0784. The van der Waals surface area contributed by atoms with Crippen LogP contribution in [0.1, 0.15) is 28.4 Å². The molecule has 0 saturated carbocycles. The topological polar surface area (TPSA) is 40.5 Å². The van der Waals surface area contributed by atoms with Gasteiger partial charge >= 0.3 is 0 Å². The van der Waals surface area contributed by atoms with Crippen molar-refractivity contribution < 1.29 is 9.90 Å². The van der Waals surface area contributed by atoms with E-state index in [1.54, 1.807) is 24.1 Å². The number of phenols is 1. The first-order valence-electron chi connectivity index (χ1n) is 6.73. The third kappa shape index (κ3) is 3.18. The van der Waals surface area contributed by atoms with Crippen molar-refractivity contribution in [1.29, 1.82) is 0 Å². The van der Waals surface area contributed by atoms with E-state index in [4.69, 9.17) is 0 Å². The molecule has 0 fully saturated rings. The van der Waals surface area contributed by atoms with Crippen molar-refractivity contribution in [3.05, 3.63) is 65.2 Å².